The standard InChI is InChI=1S/C24H24ClF3N2O/c1-2-3-13-30(23(31)19-9-11-21(25)12-10-19)17-22-8-5-14-29(22)16-18-6-4-7-20(15-18)24(26,27)28/h4-12,14-15H,2-3,13,16-17H2,1H3. The van der Waals surface area contributed by atoms with E-state index in [1.54, 1.807) is 35.2 Å². The van der Waals surface area contributed by atoms with Crippen molar-refractivity contribution in [2.45, 2.75) is 39.0 Å². The van der Waals surface area contributed by atoms with Crippen LogP contribution in [0.5, 0.6) is 0 Å². The highest BCUT2D eigenvalue weighted by molar-refractivity contribution is 6.30. The lowest BCUT2D eigenvalue weighted by Crippen LogP contribution is -2.32. The van der Waals surface area contributed by atoms with Gasteiger partial charge in [-0.3, -0.25) is 4.79 Å². The Hall–Kier alpha value is -2.73. The Kier molecular flexibility index (Phi) is 7.44. The van der Waals surface area contributed by atoms with E-state index in [-0.39, 0.29) is 5.91 Å². The number of hydrogen-bond donors (Lipinski definition) is 0. The fraction of sp³-hybridized carbons (Fsp3) is 0.292. The summed E-state index contributed by atoms with van der Waals surface area (Å²) in [6, 6.07) is 15.8. The molecule has 3 rings (SSSR count). The number of hydrogen-bond acceptors (Lipinski definition) is 1. The van der Waals surface area contributed by atoms with Crippen LogP contribution in [0, 0.1) is 0 Å². The number of unbranched alkanes of at least 4 members (excludes halogenated alkanes) is 1. The second-order valence-electron chi connectivity index (χ2n) is 7.41. The Morgan fingerprint density at radius 3 is 2.48 bits per heavy atom. The van der Waals surface area contributed by atoms with Crippen LogP contribution in [0.4, 0.5) is 13.2 Å². The molecule has 0 radical (unpaired) electrons. The van der Waals surface area contributed by atoms with Crippen molar-refractivity contribution < 1.29 is 18.0 Å². The maximum Gasteiger partial charge on any atom is 0.416 e. The van der Waals surface area contributed by atoms with Gasteiger partial charge in [-0.1, -0.05) is 37.1 Å². The Morgan fingerprint density at radius 2 is 1.81 bits per heavy atom. The summed E-state index contributed by atoms with van der Waals surface area (Å²) in [7, 11) is 0. The zero-order valence-corrected chi connectivity index (χ0v) is 18.0. The van der Waals surface area contributed by atoms with Gasteiger partial charge in [0.05, 0.1) is 12.1 Å². The van der Waals surface area contributed by atoms with Gasteiger partial charge >= 0.3 is 6.18 Å². The summed E-state index contributed by atoms with van der Waals surface area (Å²) in [5.41, 5.74) is 1.30. The second-order valence-corrected chi connectivity index (χ2v) is 7.85. The van der Waals surface area contributed by atoms with Crippen LogP contribution in [0.1, 0.15) is 46.9 Å². The van der Waals surface area contributed by atoms with Gasteiger partial charge in [-0.05, 0) is 60.5 Å². The smallest absolute Gasteiger partial charge is 0.345 e. The minimum Gasteiger partial charge on any atom is -0.345 e. The van der Waals surface area contributed by atoms with Gasteiger partial charge in [0.25, 0.3) is 5.91 Å². The van der Waals surface area contributed by atoms with Gasteiger partial charge in [-0.2, -0.15) is 13.2 Å². The van der Waals surface area contributed by atoms with Crippen LogP contribution < -0.4 is 0 Å². The molecule has 3 nitrogen and oxygen atoms in total. The molecular formula is C24H24ClF3N2O. The summed E-state index contributed by atoms with van der Waals surface area (Å²) in [5.74, 6) is -0.100. The first-order valence-corrected chi connectivity index (χ1v) is 10.5. The van der Waals surface area contributed by atoms with Crippen molar-refractivity contribution in [3.8, 4) is 0 Å². The Bertz CT molecular complexity index is 1010. The lowest BCUT2D eigenvalue weighted by molar-refractivity contribution is -0.137. The molecule has 0 aliphatic heterocycles. The number of alkyl halides is 3. The fourth-order valence-electron chi connectivity index (χ4n) is 3.36. The first-order chi connectivity index (χ1) is 14.8. The number of nitrogens with zero attached hydrogens (tertiary/aromatic N) is 2. The predicted molar refractivity (Wildman–Crippen MR) is 116 cm³/mol. The van der Waals surface area contributed by atoms with Gasteiger partial charge in [0.15, 0.2) is 0 Å². The largest absolute Gasteiger partial charge is 0.416 e. The molecule has 3 aromatic rings. The normalized spacial score (nSPS) is 11.5. The van der Waals surface area contributed by atoms with Gasteiger partial charge < -0.3 is 9.47 Å². The molecule has 1 aromatic heterocycles. The lowest BCUT2D eigenvalue weighted by atomic mass is 10.1. The lowest BCUT2D eigenvalue weighted by Gasteiger charge is -2.24. The van der Waals surface area contributed by atoms with Gasteiger partial charge in [-0.25, -0.2) is 0 Å². The van der Waals surface area contributed by atoms with Crippen LogP contribution >= 0.6 is 11.6 Å². The van der Waals surface area contributed by atoms with Crippen molar-refractivity contribution in [2.75, 3.05) is 6.54 Å². The zero-order valence-electron chi connectivity index (χ0n) is 17.2. The SMILES string of the molecule is CCCCN(Cc1cccn1Cc1cccc(C(F)(F)F)c1)C(=O)c1ccc(Cl)cc1. The zero-order chi connectivity index (χ0) is 22.4. The minimum absolute atomic E-state index is 0.100. The van der Waals surface area contributed by atoms with Gasteiger partial charge in [-0.15, -0.1) is 0 Å². The number of rotatable bonds is 8. The highest BCUT2D eigenvalue weighted by Gasteiger charge is 2.30. The van der Waals surface area contributed by atoms with Gasteiger partial charge in [0.1, 0.15) is 0 Å². The number of amides is 1. The molecular weight excluding hydrogens is 425 g/mol. The molecule has 0 aliphatic rings. The third-order valence-electron chi connectivity index (χ3n) is 5.04. The molecule has 0 saturated carbocycles. The molecule has 0 unspecified atom stereocenters. The van der Waals surface area contributed by atoms with Gasteiger partial charge in [0, 0.05) is 35.6 Å². The molecule has 0 N–H and O–H groups in total. The quantitative estimate of drug-likeness (QED) is 0.378. The van der Waals surface area contributed by atoms with Crippen molar-refractivity contribution in [3.05, 3.63) is 94.3 Å². The van der Waals surface area contributed by atoms with E-state index in [1.807, 2.05) is 22.9 Å². The third kappa shape index (κ3) is 6.14. The molecule has 164 valence electrons. The van der Waals surface area contributed by atoms with Gasteiger partial charge in [0.2, 0.25) is 0 Å². The summed E-state index contributed by atoms with van der Waals surface area (Å²) in [4.78, 5) is 14.8. The van der Waals surface area contributed by atoms with E-state index in [9.17, 15) is 18.0 Å². The average Bonchev–Trinajstić information content (AvgIpc) is 3.17. The number of benzene rings is 2. The van der Waals surface area contributed by atoms with E-state index in [0.717, 1.165) is 30.7 Å². The molecule has 2 aromatic carbocycles. The maximum atomic E-state index is 13.1. The first-order valence-electron chi connectivity index (χ1n) is 10.1. The van der Waals surface area contributed by atoms with E-state index >= 15 is 0 Å². The number of carbonyl (C=O) groups excluding carboxylic acids is 1. The molecule has 0 spiro atoms. The van der Waals surface area contributed by atoms with Crippen LogP contribution in [0.25, 0.3) is 0 Å². The van der Waals surface area contributed by atoms with Crippen molar-refractivity contribution in [1.29, 1.82) is 0 Å². The molecule has 1 amide bonds. The van der Waals surface area contributed by atoms with Crippen LogP contribution in [-0.2, 0) is 19.3 Å². The summed E-state index contributed by atoms with van der Waals surface area (Å²) in [5, 5.41) is 0.562. The molecule has 0 saturated heterocycles. The third-order valence-corrected chi connectivity index (χ3v) is 5.30. The van der Waals surface area contributed by atoms with Crippen molar-refractivity contribution in [1.82, 2.24) is 9.47 Å². The number of carbonyl (C=O) groups is 1. The van der Waals surface area contributed by atoms with Crippen LogP contribution in [0.15, 0.2) is 66.9 Å². The second kappa shape index (κ2) is 10.1. The summed E-state index contributed by atoms with van der Waals surface area (Å²) in [6.07, 6.45) is -0.763. The maximum absolute atomic E-state index is 13.1. The summed E-state index contributed by atoms with van der Waals surface area (Å²) < 4.78 is 41.0. The molecule has 0 fully saturated rings. The van der Waals surface area contributed by atoms with Crippen LogP contribution in [-0.4, -0.2) is 21.9 Å². The summed E-state index contributed by atoms with van der Waals surface area (Å²) in [6.45, 7) is 3.31. The molecule has 0 bridgehead atoms. The Morgan fingerprint density at radius 1 is 1.06 bits per heavy atom. The highest BCUT2D eigenvalue weighted by Crippen LogP contribution is 2.29. The van der Waals surface area contributed by atoms with E-state index in [0.29, 0.717) is 35.8 Å². The van der Waals surface area contributed by atoms with E-state index < -0.39 is 11.7 Å². The van der Waals surface area contributed by atoms with E-state index in [4.69, 9.17) is 11.6 Å². The number of halogens is 4. The van der Waals surface area contributed by atoms with Crippen molar-refractivity contribution in [2.24, 2.45) is 0 Å². The Labute approximate surface area is 185 Å². The molecule has 0 aliphatic carbocycles. The van der Waals surface area contributed by atoms with Crippen molar-refractivity contribution >= 4 is 17.5 Å². The van der Waals surface area contributed by atoms with Crippen LogP contribution in [0.3, 0.4) is 0 Å². The Balaban J connectivity index is 1.80. The highest BCUT2D eigenvalue weighted by atomic mass is 35.5. The van der Waals surface area contributed by atoms with Crippen molar-refractivity contribution in [3.63, 3.8) is 0 Å². The van der Waals surface area contributed by atoms with E-state index in [1.165, 1.54) is 6.07 Å². The topological polar surface area (TPSA) is 25.2 Å². The molecule has 1 heterocycles. The fourth-order valence-corrected chi connectivity index (χ4v) is 3.49. The number of aromatic nitrogens is 1. The molecule has 0 atom stereocenters. The average molecular weight is 449 g/mol. The minimum atomic E-state index is -4.38. The van der Waals surface area contributed by atoms with Crippen LogP contribution in [0.2, 0.25) is 5.02 Å². The summed E-state index contributed by atoms with van der Waals surface area (Å²) >= 11 is 5.93. The first kappa shape index (κ1) is 22.9. The van der Waals surface area contributed by atoms with E-state index in [2.05, 4.69) is 6.92 Å². The predicted octanol–water partition coefficient (Wildman–Crippen LogP) is 6.65. The molecule has 7 heteroatoms. The molecule has 31 heavy (non-hydrogen) atoms. The monoisotopic (exact) mass is 448 g/mol.